The number of rotatable bonds is 10. The third-order valence-corrected chi connectivity index (χ3v) is 5.02. The standard InChI is InChI=1S/C20H24ClNO2S/c1-2-24-19-12-6-4-8-16(19)10-7-13-22-20(23)15-25-14-17-9-3-5-11-18(17)21/h3-6,8-9,11-12H,2,7,10,13-15H2,1H3,(H,22,23). The quantitative estimate of drug-likeness (QED) is 0.609. The molecule has 0 saturated heterocycles. The number of thioether (sulfide) groups is 1. The first-order valence-electron chi connectivity index (χ1n) is 8.49. The average molecular weight is 378 g/mol. The van der Waals surface area contributed by atoms with Crippen LogP contribution < -0.4 is 10.1 Å². The topological polar surface area (TPSA) is 38.3 Å². The molecule has 0 spiro atoms. The molecule has 0 fully saturated rings. The second-order valence-corrected chi connectivity index (χ2v) is 6.97. The van der Waals surface area contributed by atoms with Crippen LogP contribution in [0.15, 0.2) is 48.5 Å². The molecule has 25 heavy (non-hydrogen) atoms. The smallest absolute Gasteiger partial charge is 0.230 e. The fourth-order valence-electron chi connectivity index (χ4n) is 2.43. The van der Waals surface area contributed by atoms with Crippen molar-refractivity contribution in [3.8, 4) is 5.75 Å². The van der Waals surface area contributed by atoms with Crippen molar-refractivity contribution >= 4 is 29.3 Å². The molecule has 0 saturated carbocycles. The minimum Gasteiger partial charge on any atom is -0.494 e. The summed E-state index contributed by atoms with van der Waals surface area (Å²) in [6, 6.07) is 15.8. The van der Waals surface area contributed by atoms with Crippen molar-refractivity contribution in [1.82, 2.24) is 5.32 Å². The highest BCUT2D eigenvalue weighted by Crippen LogP contribution is 2.21. The van der Waals surface area contributed by atoms with E-state index in [4.69, 9.17) is 16.3 Å². The summed E-state index contributed by atoms with van der Waals surface area (Å²) in [5, 5.41) is 3.72. The lowest BCUT2D eigenvalue weighted by Crippen LogP contribution is -2.26. The van der Waals surface area contributed by atoms with Gasteiger partial charge in [-0.25, -0.2) is 0 Å². The van der Waals surface area contributed by atoms with Crippen LogP contribution >= 0.6 is 23.4 Å². The van der Waals surface area contributed by atoms with Crippen molar-refractivity contribution in [2.75, 3.05) is 18.9 Å². The predicted octanol–water partition coefficient (Wildman–Crippen LogP) is 4.72. The average Bonchev–Trinajstić information content (AvgIpc) is 2.62. The lowest BCUT2D eigenvalue weighted by Gasteiger charge is -2.10. The van der Waals surface area contributed by atoms with Gasteiger partial charge in [0.2, 0.25) is 5.91 Å². The van der Waals surface area contributed by atoms with Crippen LogP contribution in [0.5, 0.6) is 5.75 Å². The summed E-state index contributed by atoms with van der Waals surface area (Å²) >= 11 is 7.69. The molecule has 2 rings (SSSR count). The Morgan fingerprint density at radius 1 is 1.12 bits per heavy atom. The van der Waals surface area contributed by atoms with E-state index in [0.717, 1.165) is 34.9 Å². The molecule has 0 aliphatic heterocycles. The third kappa shape index (κ3) is 7.00. The van der Waals surface area contributed by atoms with E-state index in [2.05, 4.69) is 11.4 Å². The van der Waals surface area contributed by atoms with Gasteiger partial charge in [-0.15, -0.1) is 11.8 Å². The number of para-hydroxylation sites is 1. The van der Waals surface area contributed by atoms with Gasteiger partial charge in [-0.1, -0.05) is 48.0 Å². The van der Waals surface area contributed by atoms with Crippen LogP contribution in [0.1, 0.15) is 24.5 Å². The van der Waals surface area contributed by atoms with Crippen molar-refractivity contribution in [3.05, 3.63) is 64.7 Å². The number of amides is 1. The molecular weight excluding hydrogens is 354 g/mol. The third-order valence-electron chi connectivity index (χ3n) is 3.67. The molecule has 0 aromatic heterocycles. The monoisotopic (exact) mass is 377 g/mol. The first kappa shape index (κ1) is 19.7. The molecule has 0 aliphatic carbocycles. The van der Waals surface area contributed by atoms with E-state index in [-0.39, 0.29) is 5.91 Å². The number of halogens is 1. The van der Waals surface area contributed by atoms with E-state index in [1.54, 1.807) is 11.8 Å². The maximum absolute atomic E-state index is 11.9. The number of hydrogen-bond acceptors (Lipinski definition) is 3. The SMILES string of the molecule is CCOc1ccccc1CCCNC(=O)CSCc1ccccc1Cl. The number of hydrogen-bond donors (Lipinski definition) is 1. The van der Waals surface area contributed by atoms with E-state index in [0.29, 0.717) is 18.9 Å². The molecule has 1 amide bonds. The van der Waals surface area contributed by atoms with Gasteiger partial charge >= 0.3 is 0 Å². The molecule has 5 heteroatoms. The van der Waals surface area contributed by atoms with Crippen molar-refractivity contribution < 1.29 is 9.53 Å². The summed E-state index contributed by atoms with van der Waals surface area (Å²) in [7, 11) is 0. The zero-order valence-corrected chi connectivity index (χ0v) is 16.0. The molecular formula is C20H24ClNO2S. The highest BCUT2D eigenvalue weighted by Gasteiger charge is 2.05. The zero-order valence-electron chi connectivity index (χ0n) is 14.5. The van der Waals surface area contributed by atoms with Crippen LogP contribution in [0, 0.1) is 0 Å². The van der Waals surface area contributed by atoms with Gasteiger partial charge in [0, 0.05) is 17.3 Å². The first-order valence-corrected chi connectivity index (χ1v) is 10.0. The molecule has 0 bridgehead atoms. The number of carbonyl (C=O) groups is 1. The molecule has 2 aromatic rings. The summed E-state index contributed by atoms with van der Waals surface area (Å²) in [6.07, 6.45) is 1.79. The second kappa shape index (κ2) is 11.1. The van der Waals surface area contributed by atoms with Crippen LogP contribution in [-0.4, -0.2) is 24.8 Å². The summed E-state index contributed by atoms with van der Waals surface area (Å²) < 4.78 is 5.62. The van der Waals surface area contributed by atoms with Gasteiger partial charge in [0.1, 0.15) is 5.75 Å². The van der Waals surface area contributed by atoms with Crippen molar-refractivity contribution in [2.24, 2.45) is 0 Å². The van der Waals surface area contributed by atoms with Crippen LogP contribution in [0.25, 0.3) is 0 Å². The van der Waals surface area contributed by atoms with Crippen molar-refractivity contribution in [1.29, 1.82) is 0 Å². The van der Waals surface area contributed by atoms with E-state index >= 15 is 0 Å². The van der Waals surface area contributed by atoms with E-state index in [1.807, 2.05) is 49.4 Å². The number of carbonyl (C=O) groups excluding carboxylic acids is 1. The van der Waals surface area contributed by atoms with Crippen LogP contribution in [-0.2, 0) is 17.0 Å². The highest BCUT2D eigenvalue weighted by molar-refractivity contribution is 7.99. The number of benzene rings is 2. The predicted molar refractivity (Wildman–Crippen MR) is 107 cm³/mol. The second-order valence-electron chi connectivity index (χ2n) is 5.58. The lowest BCUT2D eigenvalue weighted by molar-refractivity contribution is -0.118. The Kier molecular flexibility index (Phi) is 8.70. The van der Waals surface area contributed by atoms with Crippen molar-refractivity contribution in [2.45, 2.75) is 25.5 Å². The summed E-state index contributed by atoms with van der Waals surface area (Å²) in [6.45, 7) is 3.32. The molecule has 134 valence electrons. The van der Waals surface area contributed by atoms with E-state index in [1.165, 1.54) is 5.56 Å². The van der Waals surface area contributed by atoms with Gasteiger partial charge < -0.3 is 10.1 Å². The fourth-order valence-corrected chi connectivity index (χ4v) is 3.58. The van der Waals surface area contributed by atoms with Gasteiger partial charge in [0.05, 0.1) is 12.4 Å². The van der Waals surface area contributed by atoms with Gasteiger partial charge in [0.25, 0.3) is 0 Å². The summed E-state index contributed by atoms with van der Waals surface area (Å²) in [4.78, 5) is 11.9. The minimum absolute atomic E-state index is 0.0650. The minimum atomic E-state index is 0.0650. The Labute approximate surface area is 159 Å². The Morgan fingerprint density at radius 3 is 2.60 bits per heavy atom. The van der Waals surface area contributed by atoms with Crippen LogP contribution in [0.4, 0.5) is 0 Å². The fraction of sp³-hybridized carbons (Fsp3) is 0.350. The van der Waals surface area contributed by atoms with E-state index in [9.17, 15) is 4.79 Å². The van der Waals surface area contributed by atoms with Crippen molar-refractivity contribution in [3.63, 3.8) is 0 Å². The Morgan fingerprint density at radius 2 is 1.84 bits per heavy atom. The van der Waals surface area contributed by atoms with Gasteiger partial charge in [-0.2, -0.15) is 0 Å². The molecule has 0 heterocycles. The summed E-state index contributed by atoms with van der Waals surface area (Å²) in [5.74, 6) is 2.19. The van der Waals surface area contributed by atoms with Gasteiger partial charge in [0.15, 0.2) is 0 Å². The Hall–Kier alpha value is -1.65. The maximum Gasteiger partial charge on any atom is 0.230 e. The Bertz CT molecular complexity index is 678. The molecule has 1 N–H and O–H groups in total. The zero-order chi connectivity index (χ0) is 17.9. The normalized spacial score (nSPS) is 10.5. The Balaban J connectivity index is 1.63. The molecule has 0 aliphatic rings. The van der Waals surface area contributed by atoms with Crippen LogP contribution in [0.2, 0.25) is 5.02 Å². The largest absolute Gasteiger partial charge is 0.494 e. The van der Waals surface area contributed by atoms with E-state index < -0.39 is 0 Å². The number of nitrogens with one attached hydrogen (secondary N) is 1. The van der Waals surface area contributed by atoms with Gasteiger partial charge in [-0.05, 0) is 43.0 Å². The lowest BCUT2D eigenvalue weighted by atomic mass is 10.1. The highest BCUT2D eigenvalue weighted by atomic mass is 35.5. The molecule has 0 atom stereocenters. The molecule has 0 unspecified atom stereocenters. The number of ether oxygens (including phenoxy) is 1. The molecule has 3 nitrogen and oxygen atoms in total. The first-order chi connectivity index (χ1) is 12.2. The van der Waals surface area contributed by atoms with Crippen LogP contribution in [0.3, 0.4) is 0 Å². The number of aryl methyl sites for hydroxylation is 1. The molecule has 0 radical (unpaired) electrons. The molecule has 2 aromatic carbocycles. The summed E-state index contributed by atoms with van der Waals surface area (Å²) in [5.41, 5.74) is 2.25. The van der Waals surface area contributed by atoms with Gasteiger partial charge in [-0.3, -0.25) is 4.79 Å². The maximum atomic E-state index is 11.9.